The van der Waals surface area contributed by atoms with Crippen LogP contribution in [0.3, 0.4) is 0 Å². The van der Waals surface area contributed by atoms with Crippen LogP contribution in [-0.2, 0) is 14.3 Å². The van der Waals surface area contributed by atoms with Crippen LogP contribution in [0, 0.1) is 10.1 Å². The minimum Gasteiger partial charge on any atom is -0.482 e. The van der Waals surface area contributed by atoms with E-state index >= 15 is 0 Å². The molecule has 0 bridgehead atoms. The van der Waals surface area contributed by atoms with Crippen molar-refractivity contribution in [3.05, 3.63) is 58.1 Å². The van der Waals surface area contributed by atoms with Gasteiger partial charge in [0.05, 0.1) is 23.3 Å². The summed E-state index contributed by atoms with van der Waals surface area (Å²) in [6.07, 6.45) is 0. The number of methoxy groups -OCH3 is 1. The summed E-state index contributed by atoms with van der Waals surface area (Å²) >= 11 is 0. The zero-order valence-corrected chi connectivity index (χ0v) is 14.7. The fourth-order valence-corrected chi connectivity index (χ4v) is 2.66. The van der Waals surface area contributed by atoms with Gasteiger partial charge in [-0.25, -0.2) is 4.79 Å². The van der Waals surface area contributed by atoms with Gasteiger partial charge in [0.2, 0.25) is 5.91 Å². The van der Waals surface area contributed by atoms with Crippen molar-refractivity contribution in [1.29, 1.82) is 0 Å². The molecule has 0 spiro atoms. The Kier molecular flexibility index (Phi) is 5.21. The van der Waals surface area contributed by atoms with Crippen LogP contribution < -0.4 is 15.0 Å². The molecule has 0 radical (unpaired) electrons. The Morgan fingerprint density at radius 1 is 1.29 bits per heavy atom. The lowest BCUT2D eigenvalue weighted by Gasteiger charge is -2.28. The number of fused-ring (bicyclic) bond motifs is 1. The fraction of sp³-hybridized carbons (Fsp3) is 0.167. The van der Waals surface area contributed by atoms with Gasteiger partial charge in [0.25, 0.3) is 11.6 Å². The van der Waals surface area contributed by atoms with Crippen molar-refractivity contribution in [2.75, 3.05) is 30.5 Å². The van der Waals surface area contributed by atoms with Gasteiger partial charge in [-0.15, -0.1) is 0 Å². The summed E-state index contributed by atoms with van der Waals surface area (Å²) in [5.74, 6) is -1.34. The first kappa shape index (κ1) is 18.8. The predicted molar refractivity (Wildman–Crippen MR) is 97.4 cm³/mol. The Morgan fingerprint density at radius 2 is 2.07 bits per heavy atom. The van der Waals surface area contributed by atoms with Gasteiger partial charge in [0.1, 0.15) is 12.3 Å². The van der Waals surface area contributed by atoms with Crippen molar-refractivity contribution in [1.82, 2.24) is 0 Å². The number of nitro benzene ring substituents is 1. The Balaban J connectivity index is 1.79. The number of esters is 1. The van der Waals surface area contributed by atoms with E-state index in [9.17, 15) is 24.5 Å². The highest BCUT2D eigenvalue weighted by Gasteiger charge is 2.29. The molecule has 1 aliphatic heterocycles. The van der Waals surface area contributed by atoms with Crippen LogP contribution >= 0.6 is 0 Å². The zero-order chi connectivity index (χ0) is 20.3. The molecule has 0 aliphatic carbocycles. The Hall–Kier alpha value is -3.95. The first-order valence-electron chi connectivity index (χ1n) is 8.09. The van der Waals surface area contributed by atoms with Crippen molar-refractivity contribution in [3.8, 4) is 5.75 Å². The summed E-state index contributed by atoms with van der Waals surface area (Å²) in [5, 5.41) is 13.6. The largest absolute Gasteiger partial charge is 0.482 e. The SMILES string of the molecule is COC(=O)c1cccc(NC(=O)CN2C(=O)COc3ccc([N+](=O)[O-])cc32)c1. The van der Waals surface area contributed by atoms with E-state index in [1.54, 1.807) is 12.1 Å². The van der Waals surface area contributed by atoms with E-state index in [0.29, 0.717) is 5.69 Å². The Bertz CT molecular complexity index is 973. The number of nitro groups is 1. The van der Waals surface area contributed by atoms with Crippen LogP contribution in [-0.4, -0.2) is 43.0 Å². The number of carbonyl (C=O) groups is 3. The second-order valence-corrected chi connectivity index (χ2v) is 5.80. The number of anilines is 2. The van der Waals surface area contributed by atoms with Gasteiger partial charge >= 0.3 is 5.97 Å². The van der Waals surface area contributed by atoms with Gasteiger partial charge in [-0.05, 0) is 24.3 Å². The molecule has 28 heavy (non-hydrogen) atoms. The summed E-state index contributed by atoms with van der Waals surface area (Å²) in [7, 11) is 1.24. The maximum absolute atomic E-state index is 12.4. The van der Waals surface area contributed by atoms with Crippen molar-refractivity contribution in [2.45, 2.75) is 0 Å². The summed E-state index contributed by atoms with van der Waals surface area (Å²) < 4.78 is 9.89. The van der Waals surface area contributed by atoms with Crippen molar-refractivity contribution >= 4 is 34.8 Å². The molecule has 1 heterocycles. The first-order chi connectivity index (χ1) is 13.4. The average Bonchev–Trinajstić information content (AvgIpc) is 2.69. The molecular formula is C18H15N3O7. The molecule has 2 amide bonds. The highest BCUT2D eigenvalue weighted by molar-refractivity contribution is 6.05. The molecule has 10 heteroatoms. The number of hydrogen-bond acceptors (Lipinski definition) is 7. The maximum atomic E-state index is 12.4. The summed E-state index contributed by atoms with van der Waals surface area (Å²) in [4.78, 5) is 47.7. The maximum Gasteiger partial charge on any atom is 0.337 e. The minimum absolute atomic E-state index is 0.143. The van der Waals surface area contributed by atoms with Crippen molar-refractivity contribution < 1.29 is 28.8 Å². The third kappa shape index (κ3) is 3.90. The summed E-state index contributed by atoms with van der Waals surface area (Å²) in [6.45, 7) is -0.658. The fourth-order valence-electron chi connectivity index (χ4n) is 2.66. The standard InChI is InChI=1S/C18H15N3O7/c1-27-18(24)11-3-2-4-12(7-11)19-16(22)9-20-14-8-13(21(25)26)5-6-15(14)28-10-17(20)23/h2-8H,9-10H2,1H3,(H,19,22). The third-order valence-corrected chi connectivity index (χ3v) is 3.97. The van der Waals surface area contributed by atoms with E-state index in [0.717, 1.165) is 4.90 Å². The topological polar surface area (TPSA) is 128 Å². The molecule has 0 saturated heterocycles. The zero-order valence-electron chi connectivity index (χ0n) is 14.7. The molecule has 0 saturated carbocycles. The second kappa shape index (κ2) is 7.74. The molecule has 1 N–H and O–H groups in total. The lowest BCUT2D eigenvalue weighted by Crippen LogP contribution is -2.43. The number of hydrogen-bond donors (Lipinski definition) is 1. The lowest BCUT2D eigenvalue weighted by atomic mass is 10.2. The van der Waals surface area contributed by atoms with Gasteiger partial charge < -0.3 is 14.8 Å². The monoisotopic (exact) mass is 385 g/mol. The van der Waals surface area contributed by atoms with Gasteiger partial charge in [-0.3, -0.25) is 24.6 Å². The molecule has 2 aromatic rings. The van der Waals surface area contributed by atoms with Gasteiger partial charge in [-0.1, -0.05) is 6.07 Å². The lowest BCUT2D eigenvalue weighted by molar-refractivity contribution is -0.384. The Morgan fingerprint density at radius 3 is 2.79 bits per heavy atom. The molecule has 10 nitrogen and oxygen atoms in total. The van der Waals surface area contributed by atoms with E-state index in [2.05, 4.69) is 10.1 Å². The number of nitrogens with one attached hydrogen (secondary N) is 1. The van der Waals surface area contributed by atoms with Crippen LogP contribution in [0.2, 0.25) is 0 Å². The number of non-ortho nitro benzene ring substituents is 1. The summed E-state index contributed by atoms with van der Waals surface area (Å²) in [6, 6.07) is 9.92. The highest BCUT2D eigenvalue weighted by atomic mass is 16.6. The van der Waals surface area contributed by atoms with Crippen molar-refractivity contribution in [3.63, 3.8) is 0 Å². The van der Waals surface area contributed by atoms with E-state index in [4.69, 9.17) is 4.74 Å². The minimum atomic E-state index is -0.601. The molecule has 0 unspecified atom stereocenters. The summed E-state index contributed by atoms with van der Waals surface area (Å²) in [5.41, 5.74) is 0.508. The van der Waals surface area contributed by atoms with Crippen LogP contribution in [0.1, 0.15) is 10.4 Å². The van der Waals surface area contributed by atoms with Crippen LogP contribution in [0.4, 0.5) is 17.1 Å². The van der Waals surface area contributed by atoms with Gasteiger partial charge in [-0.2, -0.15) is 0 Å². The molecule has 1 aliphatic rings. The number of carbonyl (C=O) groups excluding carboxylic acids is 3. The molecule has 3 rings (SSSR count). The number of benzene rings is 2. The third-order valence-electron chi connectivity index (χ3n) is 3.97. The van der Waals surface area contributed by atoms with E-state index < -0.39 is 22.7 Å². The Labute approximate surface area is 158 Å². The smallest absolute Gasteiger partial charge is 0.337 e. The van der Waals surface area contributed by atoms with E-state index in [-0.39, 0.29) is 35.8 Å². The molecule has 2 aromatic carbocycles. The second-order valence-electron chi connectivity index (χ2n) is 5.80. The quantitative estimate of drug-likeness (QED) is 0.472. The highest BCUT2D eigenvalue weighted by Crippen LogP contribution is 2.35. The normalized spacial score (nSPS) is 12.6. The van der Waals surface area contributed by atoms with Gasteiger partial charge in [0, 0.05) is 17.8 Å². The van der Waals surface area contributed by atoms with Crippen molar-refractivity contribution in [2.24, 2.45) is 0 Å². The molecule has 0 fully saturated rings. The molecule has 144 valence electrons. The van der Waals surface area contributed by atoms with Gasteiger partial charge in [0.15, 0.2) is 6.61 Å². The van der Waals surface area contributed by atoms with Crippen LogP contribution in [0.25, 0.3) is 0 Å². The number of nitrogens with zero attached hydrogens (tertiary/aromatic N) is 2. The molecular weight excluding hydrogens is 370 g/mol. The van der Waals surface area contributed by atoms with Crippen LogP contribution in [0.5, 0.6) is 5.75 Å². The van der Waals surface area contributed by atoms with E-state index in [1.807, 2.05) is 0 Å². The number of ether oxygens (including phenoxy) is 2. The first-order valence-corrected chi connectivity index (χ1v) is 8.09. The molecule has 0 aromatic heterocycles. The average molecular weight is 385 g/mol. The van der Waals surface area contributed by atoms with Crippen LogP contribution in [0.15, 0.2) is 42.5 Å². The molecule has 0 atom stereocenters. The predicted octanol–water partition coefficient (Wildman–Crippen LogP) is 1.75. The number of rotatable bonds is 5. The van der Waals surface area contributed by atoms with E-state index in [1.165, 1.54) is 37.4 Å². The number of amides is 2.